The highest BCUT2D eigenvalue weighted by atomic mass is 16.5. The SMILES string of the molecule is C1=C=C2C(=CC=1)Oc1ccccc1N2CCCN1CCOCC1. The maximum absolute atomic E-state index is 5.98. The van der Waals surface area contributed by atoms with Crippen molar-refractivity contribution in [2.75, 3.05) is 44.3 Å². The number of hydrogen-bond acceptors (Lipinski definition) is 4. The van der Waals surface area contributed by atoms with E-state index < -0.39 is 0 Å². The predicted octanol–water partition coefficient (Wildman–Crippen LogP) is 2.70. The van der Waals surface area contributed by atoms with Crippen LogP contribution in [0.25, 0.3) is 0 Å². The summed E-state index contributed by atoms with van der Waals surface area (Å²) in [5.41, 5.74) is 8.35. The molecule has 118 valence electrons. The van der Waals surface area contributed by atoms with E-state index in [0.29, 0.717) is 0 Å². The molecule has 3 aliphatic rings. The summed E-state index contributed by atoms with van der Waals surface area (Å²) >= 11 is 0. The Morgan fingerprint density at radius 1 is 1.09 bits per heavy atom. The van der Waals surface area contributed by atoms with Gasteiger partial charge in [-0.2, -0.15) is 0 Å². The number of fused-ring (bicyclic) bond motifs is 2. The minimum Gasteiger partial charge on any atom is -0.452 e. The largest absolute Gasteiger partial charge is 0.452 e. The van der Waals surface area contributed by atoms with Crippen LogP contribution in [0.15, 0.2) is 59.3 Å². The second kappa shape index (κ2) is 6.49. The predicted molar refractivity (Wildman–Crippen MR) is 89.5 cm³/mol. The molecule has 0 spiro atoms. The van der Waals surface area contributed by atoms with Crippen LogP contribution in [0.4, 0.5) is 5.69 Å². The van der Waals surface area contributed by atoms with Crippen LogP contribution in [0, 0.1) is 0 Å². The van der Waals surface area contributed by atoms with Crippen molar-refractivity contribution < 1.29 is 9.47 Å². The highest BCUT2D eigenvalue weighted by Crippen LogP contribution is 2.39. The van der Waals surface area contributed by atoms with E-state index in [9.17, 15) is 0 Å². The zero-order chi connectivity index (χ0) is 15.5. The number of benzene rings is 1. The molecule has 1 aliphatic carbocycles. The number of allylic oxidation sites excluding steroid dienone is 2. The number of anilines is 1. The van der Waals surface area contributed by atoms with Crippen molar-refractivity contribution in [2.24, 2.45) is 0 Å². The molecule has 1 aromatic rings. The number of nitrogens with zero attached hydrogens (tertiary/aromatic N) is 2. The van der Waals surface area contributed by atoms with Gasteiger partial charge in [0.1, 0.15) is 5.70 Å². The van der Waals surface area contributed by atoms with Gasteiger partial charge in [0.05, 0.1) is 18.9 Å². The fourth-order valence-corrected chi connectivity index (χ4v) is 3.17. The summed E-state index contributed by atoms with van der Waals surface area (Å²) in [7, 11) is 0. The van der Waals surface area contributed by atoms with Gasteiger partial charge in [0.15, 0.2) is 11.5 Å². The molecule has 4 rings (SSSR count). The van der Waals surface area contributed by atoms with Gasteiger partial charge in [0, 0.05) is 26.2 Å². The first kappa shape index (κ1) is 14.4. The molecule has 0 atom stereocenters. The van der Waals surface area contributed by atoms with Gasteiger partial charge in [-0.1, -0.05) is 17.9 Å². The summed E-state index contributed by atoms with van der Waals surface area (Å²) in [6.45, 7) is 5.82. The zero-order valence-electron chi connectivity index (χ0n) is 13.1. The maximum atomic E-state index is 5.98. The van der Waals surface area contributed by atoms with Crippen molar-refractivity contribution in [3.63, 3.8) is 0 Å². The van der Waals surface area contributed by atoms with Gasteiger partial charge < -0.3 is 14.4 Å². The third-order valence-electron chi connectivity index (χ3n) is 4.35. The molecule has 2 aliphatic heterocycles. The molecule has 0 amide bonds. The first-order valence-corrected chi connectivity index (χ1v) is 8.19. The van der Waals surface area contributed by atoms with Gasteiger partial charge in [-0.3, -0.25) is 4.90 Å². The molecule has 1 fully saturated rings. The minimum absolute atomic E-state index is 0.853. The summed E-state index contributed by atoms with van der Waals surface area (Å²) in [6, 6.07) is 8.18. The van der Waals surface area contributed by atoms with Gasteiger partial charge in [0.2, 0.25) is 0 Å². The van der Waals surface area contributed by atoms with Crippen molar-refractivity contribution in [1.82, 2.24) is 4.90 Å². The topological polar surface area (TPSA) is 24.9 Å². The quantitative estimate of drug-likeness (QED) is 0.799. The van der Waals surface area contributed by atoms with Crippen LogP contribution in [0.5, 0.6) is 5.75 Å². The highest BCUT2D eigenvalue weighted by Gasteiger charge is 2.27. The van der Waals surface area contributed by atoms with Crippen LogP contribution in [0.3, 0.4) is 0 Å². The van der Waals surface area contributed by atoms with Crippen molar-refractivity contribution in [3.05, 3.63) is 59.3 Å². The van der Waals surface area contributed by atoms with Gasteiger partial charge in [-0.25, -0.2) is 0 Å². The number of morpholine rings is 1. The second-order valence-corrected chi connectivity index (χ2v) is 5.84. The van der Waals surface area contributed by atoms with Crippen LogP contribution >= 0.6 is 0 Å². The van der Waals surface area contributed by atoms with Gasteiger partial charge in [-0.05, 0) is 36.4 Å². The molecule has 0 N–H and O–H groups in total. The summed E-state index contributed by atoms with van der Waals surface area (Å²) in [6.07, 6.45) is 4.89. The van der Waals surface area contributed by atoms with Crippen LogP contribution in [-0.4, -0.2) is 44.3 Å². The van der Waals surface area contributed by atoms with Gasteiger partial charge in [0.25, 0.3) is 0 Å². The van der Waals surface area contributed by atoms with E-state index >= 15 is 0 Å². The molecule has 4 heteroatoms. The Morgan fingerprint density at radius 2 is 1.96 bits per heavy atom. The third kappa shape index (κ3) is 2.98. The van der Waals surface area contributed by atoms with E-state index in [1.54, 1.807) is 0 Å². The van der Waals surface area contributed by atoms with E-state index in [-0.39, 0.29) is 0 Å². The van der Waals surface area contributed by atoms with Crippen LogP contribution in [-0.2, 0) is 4.74 Å². The Balaban J connectivity index is 1.51. The van der Waals surface area contributed by atoms with E-state index in [1.807, 2.05) is 24.3 Å². The molecular formula is C19H20N2O2. The van der Waals surface area contributed by atoms with Crippen molar-refractivity contribution in [3.8, 4) is 5.75 Å². The Bertz CT molecular complexity index is 719. The Morgan fingerprint density at radius 3 is 2.87 bits per heavy atom. The summed E-state index contributed by atoms with van der Waals surface area (Å²) in [5, 5.41) is 0. The lowest BCUT2D eigenvalue weighted by Gasteiger charge is -2.34. The smallest absolute Gasteiger partial charge is 0.160 e. The monoisotopic (exact) mass is 308 g/mol. The first-order valence-electron chi connectivity index (χ1n) is 8.19. The number of para-hydroxylation sites is 2. The fraction of sp³-hybridized carbons (Fsp3) is 0.368. The van der Waals surface area contributed by atoms with Gasteiger partial charge in [-0.15, -0.1) is 0 Å². The fourth-order valence-electron chi connectivity index (χ4n) is 3.17. The first-order chi connectivity index (χ1) is 11.4. The molecule has 0 saturated carbocycles. The van der Waals surface area contributed by atoms with Gasteiger partial charge >= 0.3 is 0 Å². The average molecular weight is 308 g/mol. The van der Waals surface area contributed by atoms with E-state index in [0.717, 1.165) is 68.7 Å². The summed E-state index contributed by atoms with van der Waals surface area (Å²) < 4.78 is 11.4. The number of ether oxygens (including phenoxy) is 2. The molecule has 2 heterocycles. The summed E-state index contributed by atoms with van der Waals surface area (Å²) in [5.74, 6) is 1.76. The maximum Gasteiger partial charge on any atom is 0.160 e. The standard InChI is InChI=1S/C19H20N2O2/c1-3-8-18-16(6-1)21(17-7-2-4-9-19(17)23-18)11-5-10-20-12-14-22-15-13-20/h1,3-4,6,8-9H,5,10-15H2. The molecule has 0 aromatic heterocycles. The van der Waals surface area contributed by atoms with E-state index in [2.05, 4.69) is 33.4 Å². The Hall–Kier alpha value is -2.22. The van der Waals surface area contributed by atoms with Crippen LogP contribution in [0.1, 0.15) is 6.42 Å². The lowest BCUT2D eigenvalue weighted by atomic mass is 10.1. The number of rotatable bonds is 4. The molecular weight excluding hydrogens is 288 g/mol. The zero-order valence-corrected chi connectivity index (χ0v) is 13.1. The van der Waals surface area contributed by atoms with Crippen molar-refractivity contribution in [2.45, 2.75) is 6.42 Å². The molecule has 4 nitrogen and oxygen atoms in total. The average Bonchev–Trinajstić information content (AvgIpc) is 2.62. The highest BCUT2D eigenvalue weighted by molar-refractivity contribution is 5.68. The van der Waals surface area contributed by atoms with Crippen molar-refractivity contribution >= 4 is 5.69 Å². The van der Waals surface area contributed by atoms with Crippen LogP contribution < -0.4 is 9.64 Å². The molecule has 23 heavy (non-hydrogen) atoms. The molecule has 1 aromatic carbocycles. The van der Waals surface area contributed by atoms with E-state index in [1.165, 1.54) is 0 Å². The van der Waals surface area contributed by atoms with E-state index in [4.69, 9.17) is 9.47 Å². The second-order valence-electron chi connectivity index (χ2n) is 5.84. The lowest BCUT2D eigenvalue weighted by molar-refractivity contribution is 0.0377. The Labute approximate surface area is 136 Å². The normalized spacial score (nSPS) is 19.6. The Kier molecular flexibility index (Phi) is 4.06. The minimum atomic E-state index is 0.853. The summed E-state index contributed by atoms with van der Waals surface area (Å²) in [4.78, 5) is 4.77. The molecule has 1 saturated heterocycles. The third-order valence-corrected chi connectivity index (χ3v) is 4.35. The molecule has 0 radical (unpaired) electrons. The van der Waals surface area contributed by atoms with Crippen molar-refractivity contribution in [1.29, 1.82) is 0 Å². The molecule has 0 unspecified atom stereocenters. The lowest BCUT2D eigenvalue weighted by Crippen LogP contribution is -2.38. The molecule has 0 bridgehead atoms. The van der Waals surface area contributed by atoms with Crippen LogP contribution in [0.2, 0.25) is 0 Å². The number of hydrogen-bond donors (Lipinski definition) is 0.